The Morgan fingerprint density at radius 2 is 2.15 bits per heavy atom. The highest BCUT2D eigenvalue weighted by Crippen LogP contribution is 2.19. The summed E-state index contributed by atoms with van der Waals surface area (Å²) in [7, 11) is 0. The van der Waals surface area contributed by atoms with Gasteiger partial charge in [0, 0.05) is 12.2 Å². The number of hydrogen-bond donors (Lipinski definition) is 3. The summed E-state index contributed by atoms with van der Waals surface area (Å²) in [5.74, 6) is -1.74. The molecule has 0 aliphatic carbocycles. The Kier molecular flexibility index (Phi) is 6.44. The van der Waals surface area contributed by atoms with Crippen LogP contribution >= 0.6 is 15.9 Å². The standard InChI is InChI=1S/C13H16BrFN2O3/c1-8(12(18)19)3-2-6-16-13(20)17-9-4-5-10(14)11(15)7-9/h4-5,7-8H,2-3,6H2,1H3,(H,18,19)(H2,16,17,20). The first-order valence-corrected chi connectivity index (χ1v) is 6.92. The molecule has 1 aromatic carbocycles. The number of rotatable bonds is 6. The van der Waals surface area contributed by atoms with Crippen molar-refractivity contribution in [3.8, 4) is 0 Å². The number of anilines is 1. The fourth-order valence-corrected chi connectivity index (χ4v) is 1.73. The average molecular weight is 347 g/mol. The molecule has 2 amide bonds. The van der Waals surface area contributed by atoms with Gasteiger partial charge in [-0.25, -0.2) is 9.18 Å². The van der Waals surface area contributed by atoms with Gasteiger partial charge >= 0.3 is 12.0 Å². The summed E-state index contributed by atoms with van der Waals surface area (Å²) in [4.78, 5) is 22.1. The van der Waals surface area contributed by atoms with E-state index < -0.39 is 23.7 Å². The molecule has 1 aromatic rings. The van der Waals surface area contributed by atoms with Gasteiger partial charge in [0.25, 0.3) is 0 Å². The van der Waals surface area contributed by atoms with Gasteiger partial charge in [-0.3, -0.25) is 4.79 Å². The number of carboxylic acid groups (broad SMARTS) is 1. The number of halogens is 2. The van der Waals surface area contributed by atoms with Crippen molar-refractivity contribution in [1.82, 2.24) is 5.32 Å². The van der Waals surface area contributed by atoms with Crippen molar-refractivity contribution in [2.75, 3.05) is 11.9 Å². The van der Waals surface area contributed by atoms with Crippen LogP contribution in [0.3, 0.4) is 0 Å². The van der Waals surface area contributed by atoms with Crippen LogP contribution in [0.15, 0.2) is 22.7 Å². The van der Waals surface area contributed by atoms with Crippen molar-refractivity contribution < 1.29 is 19.1 Å². The van der Waals surface area contributed by atoms with Gasteiger partial charge < -0.3 is 15.7 Å². The molecule has 0 bridgehead atoms. The van der Waals surface area contributed by atoms with Gasteiger partial charge in [-0.15, -0.1) is 0 Å². The topological polar surface area (TPSA) is 78.4 Å². The molecular weight excluding hydrogens is 331 g/mol. The molecule has 0 saturated carbocycles. The Hall–Kier alpha value is -1.63. The van der Waals surface area contributed by atoms with Gasteiger partial charge in [0.15, 0.2) is 0 Å². The second kappa shape index (κ2) is 7.84. The molecule has 0 aliphatic heterocycles. The number of amides is 2. The van der Waals surface area contributed by atoms with Crippen LogP contribution in [-0.2, 0) is 4.79 Å². The third kappa shape index (κ3) is 5.56. The van der Waals surface area contributed by atoms with Crippen molar-refractivity contribution in [3.63, 3.8) is 0 Å². The Balaban J connectivity index is 2.30. The van der Waals surface area contributed by atoms with Gasteiger partial charge in [0.1, 0.15) is 5.82 Å². The number of benzene rings is 1. The SMILES string of the molecule is CC(CCCNC(=O)Nc1ccc(Br)c(F)c1)C(=O)O. The molecule has 1 rings (SSSR count). The molecule has 0 heterocycles. The molecule has 0 spiro atoms. The Morgan fingerprint density at radius 1 is 1.45 bits per heavy atom. The van der Waals surface area contributed by atoms with Gasteiger partial charge in [-0.05, 0) is 47.0 Å². The lowest BCUT2D eigenvalue weighted by atomic mass is 10.1. The number of carboxylic acids is 1. The molecule has 5 nitrogen and oxygen atoms in total. The first-order valence-electron chi connectivity index (χ1n) is 6.13. The van der Waals surface area contributed by atoms with Crippen LogP contribution in [0.2, 0.25) is 0 Å². The minimum Gasteiger partial charge on any atom is -0.481 e. The molecule has 20 heavy (non-hydrogen) atoms. The number of urea groups is 1. The van der Waals surface area contributed by atoms with E-state index in [1.165, 1.54) is 12.1 Å². The van der Waals surface area contributed by atoms with Crippen LogP contribution in [0.1, 0.15) is 19.8 Å². The lowest BCUT2D eigenvalue weighted by Crippen LogP contribution is -2.30. The molecule has 0 saturated heterocycles. The Morgan fingerprint density at radius 3 is 2.75 bits per heavy atom. The van der Waals surface area contributed by atoms with Crippen molar-refractivity contribution in [2.45, 2.75) is 19.8 Å². The van der Waals surface area contributed by atoms with E-state index in [0.717, 1.165) is 0 Å². The molecule has 0 aliphatic rings. The Bertz CT molecular complexity index is 497. The molecule has 1 atom stereocenters. The lowest BCUT2D eigenvalue weighted by Gasteiger charge is -2.09. The van der Waals surface area contributed by atoms with E-state index in [-0.39, 0.29) is 0 Å². The third-order valence-electron chi connectivity index (χ3n) is 2.70. The highest BCUT2D eigenvalue weighted by atomic mass is 79.9. The summed E-state index contributed by atoms with van der Waals surface area (Å²) in [6, 6.07) is 3.82. The number of nitrogens with one attached hydrogen (secondary N) is 2. The van der Waals surface area contributed by atoms with Crippen LogP contribution in [0.25, 0.3) is 0 Å². The zero-order valence-corrected chi connectivity index (χ0v) is 12.5. The van der Waals surface area contributed by atoms with Crippen LogP contribution in [0.4, 0.5) is 14.9 Å². The van der Waals surface area contributed by atoms with Crippen molar-refractivity contribution in [3.05, 3.63) is 28.5 Å². The highest BCUT2D eigenvalue weighted by Gasteiger charge is 2.10. The van der Waals surface area contributed by atoms with Crippen LogP contribution in [0, 0.1) is 11.7 Å². The normalized spacial score (nSPS) is 11.8. The minimum atomic E-state index is -0.847. The van der Waals surface area contributed by atoms with E-state index in [9.17, 15) is 14.0 Å². The summed E-state index contributed by atoms with van der Waals surface area (Å²) in [5.41, 5.74) is 0.349. The monoisotopic (exact) mass is 346 g/mol. The first-order chi connectivity index (χ1) is 9.40. The second-order valence-corrected chi connectivity index (χ2v) is 5.25. The predicted molar refractivity (Wildman–Crippen MR) is 77.2 cm³/mol. The Labute approximate surface area is 124 Å². The van der Waals surface area contributed by atoms with Gasteiger partial charge in [0.05, 0.1) is 10.4 Å². The molecule has 0 radical (unpaired) electrons. The molecular formula is C13H16BrFN2O3. The van der Waals surface area contributed by atoms with Gasteiger partial charge in [-0.2, -0.15) is 0 Å². The molecule has 1 unspecified atom stereocenters. The van der Waals surface area contributed by atoms with Crippen LogP contribution in [0.5, 0.6) is 0 Å². The quantitative estimate of drug-likeness (QED) is 0.692. The average Bonchev–Trinajstić information content (AvgIpc) is 2.38. The molecule has 0 aromatic heterocycles. The number of carbonyl (C=O) groups is 2. The maximum atomic E-state index is 13.2. The van der Waals surface area contributed by atoms with E-state index in [1.807, 2.05) is 0 Å². The second-order valence-electron chi connectivity index (χ2n) is 4.39. The number of aliphatic carboxylic acids is 1. The van der Waals surface area contributed by atoms with E-state index >= 15 is 0 Å². The molecule has 7 heteroatoms. The molecule has 110 valence electrons. The third-order valence-corrected chi connectivity index (χ3v) is 3.34. The van der Waals surface area contributed by atoms with Gasteiger partial charge in [-0.1, -0.05) is 6.92 Å². The lowest BCUT2D eigenvalue weighted by molar-refractivity contribution is -0.141. The molecule has 0 fully saturated rings. The van der Waals surface area contributed by atoms with E-state index in [4.69, 9.17) is 5.11 Å². The fraction of sp³-hybridized carbons (Fsp3) is 0.385. The number of hydrogen-bond acceptors (Lipinski definition) is 2. The zero-order valence-electron chi connectivity index (χ0n) is 11.0. The van der Waals surface area contributed by atoms with Crippen molar-refractivity contribution in [1.29, 1.82) is 0 Å². The maximum absolute atomic E-state index is 13.2. The smallest absolute Gasteiger partial charge is 0.319 e. The zero-order chi connectivity index (χ0) is 15.1. The summed E-state index contributed by atoms with van der Waals surface area (Å²) in [6.45, 7) is 1.98. The molecule has 3 N–H and O–H groups in total. The minimum absolute atomic E-state index is 0.325. The van der Waals surface area contributed by atoms with Gasteiger partial charge in [0.2, 0.25) is 0 Å². The summed E-state index contributed by atoms with van der Waals surface area (Å²) in [6.07, 6.45) is 1.05. The first kappa shape index (κ1) is 16.4. The summed E-state index contributed by atoms with van der Waals surface area (Å²) >= 11 is 3.02. The fourth-order valence-electron chi connectivity index (χ4n) is 1.48. The van der Waals surface area contributed by atoms with Crippen molar-refractivity contribution in [2.24, 2.45) is 5.92 Å². The van der Waals surface area contributed by atoms with E-state index in [2.05, 4.69) is 26.6 Å². The van der Waals surface area contributed by atoms with Crippen LogP contribution < -0.4 is 10.6 Å². The van der Waals surface area contributed by atoms with E-state index in [0.29, 0.717) is 29.5 Å². The summed E-state index contributed by atoms with van der Waals surface area (Å²) < 4.78 is 13.6. The predicted octanol–water partition coefficient (Wildman–Crippen LogP) is 3.21. The van der Waals surface area contributed by atoms with E-state index in [1.54, 1.807) is 13.0 Å². The summed E-state index contributed by atoms with van der Waals surface area (Å²) in [5, 5.41) is 13.8. The number of carbonyl (C=O) groups excluding carboxylic acids is 1. The largest absolute Gasteiger partial charge is 0.481 e. The maximum Gasteiger partial charge on any atom is 0.319 e. The van der Waals surface area contributed by atoms with Crippen LogP contribution in [-0.4, -0.2) is 23.7 Å². The highest BCUT2D eigenvalue weighted by molar-refractivity contribution is 9.10. The van der Waals surface area contributed by atoms with Crippen molar-refractivity contribution >= 4 is 33.6 Å².